The molecule has 6 aliphatic heterocycles. The van der Waals surface area contributed by atoms with Crippen molar-refractivity contribution in [1.82, 2.24) is 4.57 Å². The smallest absolute Gasteiger partial charge is 0.252 e. The number of aromatic nitrogens is 1. The third kappa shape index (κ3) is 9.15. The van der Waals surface area contributed by atoms with E-state index >= 15 is 0 Å². The SMILES string of the molecule is c1ccc(-c2cccc(-c3ccccc3)c2N2c3ccccc3B3c4cc5c(cc4N(c4c(-c6ccccc6)cccc4-c4ccccc4)c4cc(-n6c7ccccc7c7ccccc76)cc2c43)N(c2ccccc2)c2cc(N3C4CC6CC(C4)CC3C6)cc3c2B5c2ccccc2N3c2ccccc2)cc1. The third-order valence-electron chi connectivity index (χ3n) is 24.9. The number of fused-ring (bicyclic) bond motifs is 11. The molecule has 16 aromatic rings. The monoisotopic (exact) mass is 1370 g/mol. The second kappa shape index (κ2) is 23.9. The fourth-order valence-corrected chi connectivity index (χ4v) is 21.0. The van der Waals surface area contributed by atoms with E-state index < -0.39 is 0 Å². The summed E-state index contributed by atoms with van der Waals surface area (Å²) in [7, 11) is 0. The molecule has 107 heavy (non-hydrogen) atoms. The minimum atomic E-state index is -0.262. The van der Waals surface area contributed by atoms with E-state index in [1.54, 1.807) is 0 Å². The van der Waals surface area contributed by atoms with E-state index in [1.165, 1.54) is 110 Å². The topological polar surface area (TPSA) is 21.1 Å². The van der Waals surface area contributed by atoms with Crippen LogP contribution in [0, 0.1) is 11.8 Å². The summed E-state index contributed by atoms with van der Waals surface area (Å²) in [6, 6.07) is 135. The molecule has 0 unspecified atom stereocenters. The van der Waals surface area contributed by atoms with Gasteiger partial charge >= 0.3 is 0 Å². The van der Waals surface area contributed by atoms with E-state index in [4.69, 9.17) is 0 Å². The number of rotatable bonds is 10. The summed E-state index contributed by atoms with van der Waals surface area (Å²) in [5.41, 5.74) is 35.6. The minimum Gasteiger partial charge on any atom is -0.365 e. The second-order valence-electron chi connectivity index (χ2n) is 30.6. The maximum absolute atomic E-state index is 2.93. The third-order valence-corrected chi connectivity index (χ3v) is 24.9. The quantitative estimate of drug-likeness (QED) is 0.127. The molecule has 0 atom stereocenters. The molecule has 0 spiro atoms. The van der Waals surface area contributed by atoms with Gasteiger partial charge < -0.3 is 29.1 Å². The van der Waals surface area contributed by atoms with E-state index in [0.717, 1.165) is 113 Å². The molecule has 8 heteroatoms. The van der Waals surface area contributed by atoms with Crippen molar-refractivity contribution in [1.29, 1.82) is 0 Å². The van der Waals surface area contributed by atoms with Crippen molar-refractivity contribution in [2.75, 3.05) is 24.5 Å². The Hall–Kier alpha value is -12.8. The standard InChI is InChI=1S/C99H72B2N6/c1-7-29-66(30-8-1)76-43-27-44-77(67-31-9-2-10-32-67)98(76)106-89-52-26-22-48-83(89)101-85-62-84-90(104(71-39-17-6-18-40-71)93-59-74(102-72-54-64-53-65(56-72)57-73(102)55-64)58-92-96(93)100(84)82-47-21-25-51-88(82)103(92)70-37-15-5-16-38-70)63-91(85)107(99-78(68-33-11-3-12-34-68)45-28-46-79(99)69-35-13-4-14-36-69)95-61-75(60-94(106)97(95)101)105-86-49-23-19-41-80(86)81-42-20-24-50-87(81)105/h1-52,58-65,72-73H,53-57H2. The average Bonchev–Trinajstić information content (AvgIpc) is 1.23. The molecule has 2 aliphatic carbocycles. The molecule has 24 rings (SSSR count). The Morgan fingerprint density at radius 3 is 1.01 bits per heavy atom. The Bertz CT molecular complexity index is 6070. The van der Waals surface area contributed by atoms with Crippen molar-refractivity contribution >= 4 is 142 Å². The summed E-state index contributed by atoms with van der Waals surface area (Å²) >= 11 is 0. The van der Waals surface area contributed by atoms with Crippen molar-refractivity contribution in [2.45, 2.75) is 44.2 Å². The highest BCUT2D eigenvalue weighted by atomic mass is 15.3. The molecule has 2 saturated carbocycles. The fourth-order valence-electron chi connectivity index (χ4n) is 21.0. The van der Waals surface area contributed by atoms with Crippen LogP contribution in [0.3, 0.4) is 0 Å². The summed E-state index contributed by atoms with van der Waals surface area (Å²) in [4.78, 5) is 13.7. The van der Waals surface area contributed by atoms with Gasteiger partial charge in [0.2, 0.25) is 0 Å². The summed E-state index contributed by atoms with van der Waals surface area (Å²) in [5, 5.41) is 2.43. The molecule has 15 aromatic carbocycles. The molecule has 0 radical (unpaired) electrons. The predicted molar refractivity (Wildman–Crippen MR) is 451 cm³/mol. The molecule has 4 bridgehead atoms. The molecule has 8 aliphatic rings. The van der Waals surface area contributed by atoms with Crippen LogP contribution in [0.4, 0.5) is 73.9 Å². The average molecular weight is 1370 g/mol. The highest BCUT2D eigenvalue weighted by molar-refractivity contribution is 7.03. The lowest BCUT2D eigenvalue weighted by Crippen LogP contribution is -2.65. The van der Waals surface area contributed by atoms with Gasteiger partial charge in [0.1, 0.15) is 0 Å². The first-order valence-corrected chi connectivity index (χ1v) is 38.4. The van der Waals surface area contributed by atoms with Crippen LogP contribution in [-0.2, 0) is 0 Å². The zero-order valence-corrected chi connectivity index (χ0v) is 59.2. The largest absolute Gasteiger partial charge is 0.365 e. The number of nitrogens with zero attached hydrogens (tertiary/aromatic N) is 6. The molecular formula is C99H72B2N6. The van der Waals surface area contributed by atoms with E-state index in [1.807, 2.05) is 0 Å². The summed E-state index contributed by atoms with van der Waals surface area (Å²) < 4.78 is 2.56. The van der Waals surface area contributed by atoms with E-state index in [0.29, 0.717) is 12.1 Å². The lowest BCUT2D eigenvalue weighted by molar-refractivity contribution is 0.0900. The van der Waals surface area contributed by atoms with Crippen molar-refractivity contribution in [3.05, 3.63) is 352 Å². The normalized spacial score (nSPS) is 17.4. The van der Waals surface area contributed by atoms with Crippen LogP contribution in [0.5, 0.6) is 0 Å². The number of para-hydroxylation sites is 8. The number of hydrogen-bond donors (Lipinski definition) is 0. The Labute approximate surface area is 625 Å². The lowest BCUT2D eigenvalue weighted by atomic mass is 9.30. The van der Waals surface area contributed by atoms with Crippen molar-refractivity contribution in [2.24, 2.45) is 11.8 Å². The van der Waals surface area contributed by atoms with Crippen LogP contribution in [0.1, 0.15) is 32.1 Å². The Kier molecular flexibility index (Phi) is 13.5. The van der Waals surface area contributed by atoms with Gasteiger partial charge in [0.05, 0.1) is 28.1 Å². The van der Waals surface area contributed by atoms with Crippen molar-refractivity contribution in [3.8, 4) is 50.2 Å². The molecule has 0 amide bonds. The number of benzene rings is 15. The summed E-state index contributed by atoms with van der Waals surface area (Å²) in [6.45, 7) is -0.411. The van der Waals surface area contributed by atoms with Crippen LogP contribution < -0.4 is 57.3 Å². The molecule has 504 valence electrons. The maximum atomic E-state index is 2.93. The Morgan fingerprint density at radius 2 is 0.570 bits per heavy atom. The van der Waals surface area contributed by atoms with Gasteiger partial charge in [0.25, 0.3) is 13.4 Å². The van der Waals surface area contributed by atoms with Gasteiger partial charge in [-0.05, 0) is 178 Å². The van der Waals surface area contributed by atoms with Crippen LogP contribution in [0.15, 0.2) is 352 Å². The highest BCUT2D eigenvalue weighted by Gasteiger charge is 2.52. The summed E-state index contributed by atoms with van der Waals surface area (Å²) in [5.74, 6) is 1.63. The first kappa shape index (κ1) is 60.6. The van der Waals surface area contributed by atoms with Gasteiger partial charge in [0.15, 0.2) is 0 Å². The van der Waals surface area contributed by atoms with Crippen LogP contribution in [-0.4, -0.2) is 30.1 Å². The molecule has 1 aromatic heterocycles. The van der Waals surface area contributed by atoms with Gasteiger partial charge in [-0.1, -0.05) is 273 Å². The highest BCUT2D eigenvalue weighted by Crippen LogP contribution is 2.57. The van der Waals surface area contributed by atoms with Gasteiger partial charge in [-0.3, -0.25) is 0 Å². The second-order valence-corrected chi connectivity index (χ2v) is 30.6. The zero-order chi connectivity index (χ0) is 70.0. The molecule has 7 heterocycles. The maximum Gasteiger partial charge on any atom is 0.252 e. The number of anilines is 13. The van der Waals surface area contributed by atoms with Crippen LogP contribution >= 0.6 is 0 Å². The van der Waals surface area contributed by atoms with E-state index in [-0.39, 0.29) is 13.4 Å². The Morgan fingerprint density at radius 1 is 0.234 bits per heavy atom. The van der Waals surface area contributed by atoms with Crippen LogP contribution in [0.25, 0.3) is 72.0 Å². The summed E-state index contributed by atoms with van der Waals surface area (Å²) in [6.07, 6.45) is 6.48. The molecular weight excluding hydrogens is 1290 g/mol. The van der Waals surface area contributed by atoms with Gasteiger partial charge in [0, 0.05) is 108 Å². The predicted octanol–water partition coefficient (Wildman–Crippen LogP) is 21.4. The molecule has 0 N–H and O–H groups in total. The first-order chi connectivity index (χ1) is 53.1. The van der Waals surface area contributed by atoms with Crippen molar-refractivity contribution in [3.63, 3.8) is 0 Å². The number of piperidine rings is 2. The van der Waals surface area contributed by atoms with Gasteiger partial charge in [-0.2, -0.15) is 0 Å². The Balaban J connectivity index is 0.887. The number of hydrogen-bond acceptors (Lipinski definition) is 5. The zero-order valence-electron chi connectivity index (χ0n) is 59.2. The molecule has 2 saturated heterocycles. The molecule has 6 nitrogen and oxygen atoms in total. The minimum absolute atomic E-state index is 0.149. The lowest BCUT2D eigenvalue weighted by Gasteiger charge is -2.58. The van der Waals surface area contributed by atoms with Gasteiger partial charge in [-0.15, -0.1) is 0 Å². The first-order valence-electron chi connectivity index (χ1n) is 38.4. The van der Waals surface area contributed by atoms with Crippen LogP contribution in [0.2, 0.25) is 0 Å². The van der Waals surface area contributed by atoms with Gasteiger partial charge in [-0.25, -0.2) is 0 Å². The van der Waals surface area contributed by atoms with E-state index in [2.05, 4.69) is 381 Å². The fraction of sp³-hybridized carbons (Fsp3) is 0.0909. The van der Waals surface area contributed by atoms with Crippen molar-refractivity contribution < 1.29 is 0 Å². The van der Waals surface area contributed by atoms with E-state index in [9.17, 15) is 0 Å². The molecule has 4 fully saturated rings.